The van der Waals surface area contributed by atoms with E-state index >= 15 is 0 Å². The van der Waals surface area contributed by atoms with E-state index in [-0.39, 0.29) is 6.04 Å². The highest BCUT2D eigenvalue weighted by Crippen LogP contribution is 2.29. The van der Waals surface area contributed by atoms with Gasteiger partial charge in [0.1, 0.15) is 5.75 Å². The van der Waals surface area contributed by atoms with Gasteiger partial charge in [-0.1, -0.05) is 43.3 Å². The molecule has 2 rings (SSSR count). The van der Waals surface area contributed by atoms with E-state index in [1.165, 1.54) is 11.1 Å². The van der Waals surface area contributed by atoms with Crippen LogP contribution in [0.25, 0.3) is 0 Å². The van der Waals surface area contributed by atoms with Gasteiger partial charge >= 0.3 is 0 Å². The number of methoxy groups -OCH3 is 1. The molecule has 0 radical (unpaired) electrons. The van der Waals surface area contributed by atoms with Crippen LogP contribution in [0.4, 0.5) is 0 Å². The fraction of sp³-hybridized carbons (Fsp3) is 0.333. The normalized spacial score (nSPS) is 13.7. The first-order chi connectivity index (χ1) is 10.2. The van der Waals surface area contributed by atoms with Gasteiger partial charge in [0.15, 0.2) is 0 Å². The molecule has 0 spiro atoms. The van der Waals surface area contributed by atoms with Crippen LogP contribution in [0.1, 0.15) is 43.5 Å². The molecule has 0 amide bonds. The second-order valence-electron chi connectivity index (χ2n) is 5.15. The fourth-order valence-electron chi connectivity index (χ4n) is 2.49. The first-order valence-corrected chi connectivity index (χ1v) is 8.09. The Hall–Kier alpha value is -1.32. The Morgan fingerprint density at radius 1 is 1.10 bits per heavy atom. The molecule has 2 unspecified atom stereocenters. The average Bonchev–Trinajstić information content (AvgIpc) is 2.53. The molecule has 0 aromatic heterocycles. The zero-order valence-corrected chi connectivity index (χ0v) is 14.4. The van der Waals surface area contributed by atoms with E-state index in [2.05, 4.69) is 77.6 Å². The second kappa shape index (κ2) is 7.62. The van der Waals surface area contributed by atoms with Crippen LogP contribution in [0.15, 0.2) is 53.0 Å². The van der Waals surface area contributed by atoms with E-state index in [9.17, 15) is 0 Å². The molecule has 1 N–H and O–H groups in total. The lowest BCUT2D eigenvalue weighted by molar-refractivity contribution is 0.411. The summed E-state index contributed by atoms with van der Waals surface area (Å²) in [5.41, 5.74) is 2.58. The SMILES string of the molecule is CCC(NC(C)c1ccc(OC)c(Br)c1)c1ccccc1. The number of rotatable bonds is 6. The van der Waals surface area contributed by atoms with Gasteiger partial charge in [-0.25, -0.2) is 0 Å². The monoisotopic (exact) mass is 347 g/mol. The van der Waals surface area contributed by atoms with Gasteiger partial charge in [-0.3, -0.25) is 0 Å². The third-order valence-corrected chi connectivity index (χ3v) is 4.36. The summed E-state index contributed by atoms with van der Waals surface area (Å²) in [5, 5.41) is 3.70. The maximum absolute atomic E-state index is 5.28. The molecule has 2 atom stereocenters. The fourth-order valence-corrected chi connectivity index (χ4v) is 3.04. The Morgan fingerprint density at radius 2 is 1.81 bits per heavy atom. The van der Waals surface area contributed by atoms with E-state index in [0.717, 1.165) is 16.6 Å². The third-order valence-electron chi connectivity index (χ3n) is 3.74. The van der Waals surface area contributed by atoms with Crippen molar-refractivity contribution in [3.63, 3.8) is 0 Å². The molecule has 0 heterocycles. The van der Waals surface area contributed by atoms with E-state index in [1.807, 2.05) is 6.07 Å². The molecular weight excluding hydrogens is 326 g/mol. The summed E-state index contributed by atoms with van der Waals surface area (Å²) >= 11 is 3.55. The summed E-state index contributed by atoms with van der Waals surface area (Å²) in [6, 6.07) is 17.5. The van der Waals surface area contributed by atoms with Crippen molar-refractivity contribution >= 4 is 15.9 Å². The summed E-state index contributed by atoms with van der Waals surface area (Å²) in [6.45, 7) is 4.40. The first kappa shape index (κ1) is 16.1. The lowest BCUT2D eigenvalue weighted by atomic mass is 10.0. The van der Waals surface area contributed by atoms with Crippen LogP contribution in [0.3, 0.4) is 0 Å². The van der Waals surface area contributed by atoms with Gasteiger partial charge < -0.3 is 10.1 Å². The highest BCUT2D eigenvalue weighted by atomic mass is 79.9. The largest absolute Gasteiger partial charge is 0.496 e. The second-order valence-corrected chi connectivity index (χ2v) is 6.01. The molecular formula is C18H22BrNO. The predicted molar refractivity (Wildman–Crippen MR) is 91.7 cm³/mol. The number of hydrogen-bond acceptors (Lipinski definition) is 2. The Bertz CT molecular complexity index is 571. The standard InChI is InChI=1S/C18H22BrNO/c1-4-17(14-8-6-5-7-9-14)20-13(2)15-10-11-18(21-3)16(19)12-15/h5-13,17,20H,4H2,1-3H3. The number of halogens is 1. The maximum atomic E-state index is 5.28. The topological polar surface area (TPSA) is 21.3 Å². The molecule has 21 heavy (non-hydrogen) atoms. The predicted octanol–water partition coefficient (Wildman–Crippen LogP) is 5.26. The van der Waals surface area contributed by atoms with Gasteiger partial charge in [0.25, 0.3) is 0 Å². The van der Waals surface area contributed by atoms with Crippen LogP contribution in [-0.2, 0) is 0 Å². The zero-order chi connectivity index (χ0) is 15.2. The zero-order valence-electron chi connectivity index (χ0n) is 12.8. The minimum absolute atomic E-state index is 0.275. The van der Waals surface area contributed by atoms with Crippen LogP contribution in [-0.4, -0.2) is 7.11 Å². The highest BCUT2D eigenvalue weighted by Gasteiger charge is 2.14. The molecule has 2 aromatic carbocycles. The van der Waals surface area contributed by atoms with Crippen molar-refractivity contribution in [3.05, 3.63) is 64.1 Å². The molecule has 2 nitrogen and oxygen atoms in total. The Morgan fingerprint density at radius 3 is 2.38 bits per heavy atom. The van der Waals surface area contributed by atoms with Gasteiger partial charge in [0.05, 0.1) is 11.6 Å². The molecule has 0 saturated heterocycles. The minimum atomic E-state index is 0.275. The van der Waals surface area contributed by atoms with Crippen LogP contribution in [0.5, 0.6) is 5.75 Å². The smallest absolute Gasteiger partial charge is 0.133 e. The first-order valence-electron chi connectivity index (χ1n) is 7.30. The Labute approximate surface area is 135 Å². The van der Waals surface area contributed by atoms with E-state index in [0.29, 0.717) is 6.04 Å². The molecule has 0 bridgehead atoms. The number of nitrogens with one attached hydrogen (secondary N) is 1. The average molecular weight is 348 g/mol. The van der Waals surface area contributed by atoms with Crippen molar-refractivity contribution in [2.45, 2.75) is 32.4 Å². The van der Waals surface area contributed by atoms with Crippen molar-refractivity contribution in [1.82, 2.24) is 5.32 Å². The van der Waals surface area contributed by atoms with Gasteiger partial charge in [0.2, 0.25) is 0 Å². The van der Waals surface area contributed by atoms with E-state index < -0.39 is 0 Å². The summed E-state index contributed by atoms with van der Waals surface area (Å²) in [5.74, 6) is 0.862. The number of hydrogen-bond donors (Lipinski definition) is 1. The lowest BCUT2D eigenvalue weighted by Crippen LogP contribution is -2.24. The lowest BCUT2D eigenvalue weighted by Gasteiger charge is -2.23. The molecule has 3 heteroatoms. The van der Waals surface area contributed by atoms with Crippen LogP contribution in [0.2, 0.25) is 0 Å². The van der Waals surface area contributed by atoms with Crippen molar-refractivity contribution in [2.24, 2.45) is 0 Å². The van der Waals surface area contributed by atoms with Crippen LogP contribution < -0.4 is 10.1 Å². The molecule has 0 fully saturated rings. The minimum Gasteiger partial charge on any atom is -0.496 e. The van der Waals surface area contributed by atoms with Crippen molar-refractivity contribution in [3.8, 4) is 5.75 Å². The van der Waals surface area contributed by atoms with Crippen molar-refractivity contribution in [2.75, 3.05) is 7.11 Å². The van der Waals surface area contributed by atoms with Crippen LogP contribution in [0, 0.1) is 0 Å². The summed E-state index contributed by atoms with van der Waals surface area (Å²) < 4.78 is 6.27. The van der Waals surface area contributed by atoms with E-state index in [4.69, 9.17) is 4.74 Å². The molecule has 0 saturated carbocycles. The summed E-state index contributed by atoms with van der Waals surface area (Å²) in [6.07, 6.45) is 1.06. The van der Waals surface area contributed by atoms with Crippen molar-refractivity contribution < 1.29 is 4.74 Å². The summed E-state index contributed by atoms with van der Waals surface area (Å²) in [4.78, 5) is 0. The molecule has 2 aromatic rings. The maximum Gasteiger partial charge on any atom is 0.133 e. The van der Waals surface area contributed by atoms with Crippen molar-refractivity contribution in [1.29, 1.82) is 0 Å². The molecule has 112 valence electrons. The van der Waals surface area contributed by atoms with Gasteiger partial charge in [0, 0.05) is 12.1 Å². The highest BCUT2D eigenvalue weighted by molar-refractivity contribution is 9.10. The number of benzene rings is 2. The van der Waals surface area contributed by atoms with E-state index in [1.54, 1.807) is 7.11 Å². The Balaban J connectivity index is 2.12. The van der Waals surface area contributed by atoms with Gasteiger partial charge in [-0.05, 0) is 52.5 Å². The number of ether oxygens (including phenoxy) is 1. The molecule has 0 aliphatic rings. The quantitative estimate of drug-likeness (QED) is 0.769. The van der Waals surface area contributed by atoms with Crippen LogP contribution >= 0.6 is 15.9 Å². The molecule has 0 aliphatic heterocycles. The third kappa shape index (κ3) is 4.08. The van der Waals surface area contributed by atoms with Gasteiger partial charge in [-0.15, -0.1) is 0 Å². The summed E-state index contributed by atoms with van der Waals surface area (Å²) in [7, 11) is 1.68. The molecule has 0 aliphatic carbocycles. The Kier molecular flexibility index (Phi) is 5.83. The van der Waals surface area contributed by atoms with Gasteiger partial charge in [-0.2, -0.15) is 0 Å².